The van der Waals surface area contributed by atoms with Gasteiger partial charge in [0.15, 0.2) is 0 Å². The number of nitrogen functional groups attached to an aromatic ring is 1. The molecule has 108 valence electrons. The monoisotopic (exact) mass is 302 g/mol. The first-order chi connectivity index (χ1) is 10.0. The number of carbonyl (C=O) groups is 1. The Kier molecular flexibility index (Phi) is 3.51. The van der Waals surface area contributed by atoms with Crippen LogP contribution in [-0.2, 0) is 17.6 Å². The highest BCUT2D eigenvalue weighted by molar-refractivity contribution is 6.30. The van der Waals surface area contributed by atoms with Crippen molar-refractivity contribution in [3.8, 4) is 0 Å². The van der Waals surface area contributed by atoms with E-state index in [4.69, 9.17) is 17.3 Å². The lowest BCUT2D eigenvalue weighted by Gasteiger charge is -2.16. The number of nitrogens with two attached hydrogens (primary N) is 1. The normalized spacial score (nSPS) is 17.8. The molecule has 3 rings (SSSR count). The van der Waals surface area contributed by atoms with Gasteiger partial charge in [-0.25, -0.2) is 9.97 Å². The number of fused-ring (bicyclic) bond motifs is 2. The molecule has 0 saturated carbocycles. The lowest BCUT2D eigenvalue weighted by atomic mass is 9.92. The van der Waals surface area contributed by atoms with Crippen molar-refractivity contribution in [2.75, 3.05) is 11.1 Å². The van der Waals surface area contributed by atoms with Gasteiger partial charge in [-0.15, -0.1) is 0 Å². The standard InChI is InChI=1S/C15H15ClN4O/c1-8-4-9-2-3-11(17)5-10(9)6-12(21)20-15-13(8)14(16)18-7-19-15/h2-3,5,7-8H,4,6,17H2,1H3,(H,18,19,20,21). The maximum Gasteiger partial charge on any atom is 0.229 e. The molecule has 1 unspecified atom stereocenters. The number of hydrogen-bond acceptors (Lipinski definition) is 4. The van der Waals surface area contributed by atoms with Crippen LogP contribution < -0.4 is 11.1 Å². The maximum atomic E-state index is 12.2. The molecule has 1 aliphatic rings. The van der Waals surface area contributed by atoms with Crippen LogP contribution >= 0.6 is 11.6 Å². The van der Waals surface area contributed by atoms with E-state index in [1.807, 2.05) is 25.1 Å². The Morgan fingerprint density at radius 1 is 1.33 bits per heavy atom. The van der Waals surface area contributed by atoms with Crippen LogP contribution in [-0.4, -0.2) is 15.9 Å². The Labute approximate surface area is 127 Å². The summed E-state index contributed by atoms with van der Waals surface area (Å²) in [4.78, 5) is 20.4. The third-order valence-corrected chi connectivity index (χ3v) is 3.99. The van der Waals surface area contributed by atoms with Gasteiger partial charge in [0, 0.05) is 11.3 Å². The van der Waals surface area contributed by atoms with E-state index < -0.39 is 0 Å². The number of nitrogens with one attached hydrogen (secondary N) is 1. The molecular weight excluding hydrogens is 288 g/mol. The van der Waals surface area contributed by atoms with Crippen LogP contribution in [0.4, 0.5) is 11.5 Å². The summed E-state index contributed by atoms with van der Waals surface area (Å²) in [6.07, 6.45) is 2.38. The van der Waals surface area contributed by atoms with Gasteiger partial charge in [-0.2, -0.15) is 0 Å². The first-order valence-electron chi connectivity index (χ1n) is 6.72. The van der Waals surface area contributed by atoms with Gasteiger partial charge in [0.1, 0.15) is 17.3 Å². The van der Waals surface area contributed by atoms with Gasteiger partial charge in [0.25, 0.3) is 0 Å². The fraction of sp³-hybridized carbons (Fsp3) is 0.267. The highest BCUT2D eigenvalue weighted by Gasteiger charge is 2.22. The van der Waals surface area contributed by atoms with Crippen LogP contribution in [0, 0.1) is 0 Å². The predicted molar refractivity (Wildman–Crippen MR) is 82.3 cm³/mol. The summed E-state index contributed by atoms with van der Waals surface area (Å²) >= 11 is 6.19. The van der Waals surface area contributed by atoms with Crippen molar-refractivity contribution in [2.24, 2.45) is 0 Å². The first kappa shape index (κ1) is 13.8. The van der Waals surface area contributed by atoms with Crippen LogP contribution in [0.3, 0.4) is 0 Å². The van der Waals surface area contributed by atoms with Gasteiger partial charge in [0.05, 0.1) is 6.42 Å². The average molecular weight is 303 g/mol. The van der Waals surface area contributed by atoms with E-state index in [9.17, 15) is 4.79 Å². The molecule has 21 heavy (non-hydrogen) atoms. The minimum atomic E-state index is -0.132. The highest BCUT2D eigenvalue weighted by atomic mass is 35.5. The minimum Gasteiger partial charge on any atom is -0.399 e. The Bertz CT molecular complexity index is 717. The van der Waals surface area contributed by atoms with Crippen molar-refractivity contribution in [3.05, 3.63) is 46.4 Å². The van der Waals surface area contributed by atoms with E-state index in [0.717, 1.165) is 23.1 Å². The van der Waals surface area contributed by atoms with E-state index in [1.54, 1.807) is 0 Å². The molecule has 5 nitrogen and oxygen atoms in total. The van der Waals surface area contributed by atoms with E-state index in [1.165, 1.54) is 6.33 Å². The number of anilines is 2. The summed E-state index contributed by atoms with van der Waals surface area (Å²) in [5.41, 5.74) is 9.29. The highest BCUT2D eigenvalue weighted by Crippen LogP contribution is 2.33. The van der Waals surface area contributed by atoms with Gasteiger partial charge in [-0.3, -0.25) is 4.79 Å². The molecule has 0 radical (unpaired) electrons. The fourth-order valence-corrected chi connectivity index (χ4v) is 3.02. The summed E-state index contributed by atoms with van der Waals surface area (Å²) in [5, 5.41) is 3.20. The number of nitrogens with zero attached hydrogens (tertiary/aromatic N) is 2. The van der Waals surface area contributed by atoms with Crippen molar-refractivity contribution in [2.45, 2.75) is 25.7 Å². The number of carbonyl (C=O) groups excluding carboxylic acids is 1. The van der Waals surface area contributed by atoms with Gasteiger partial charge >= 0.3 is 0 Å². The summed E-state index contributed by atoms with van der Waals surface area (Å²) in [6, 6.07) is 5.67. The molecule has 1 aromatic carbocycles. The Morgan fingerprint density at radius 3 is 2.95 bits per heavy atom. The Morgan fingerprint density at radius 2 is 2.14 bits per heavy atom. The van der Waals surface area contributed by atoms with Crippen molar-refractivity contribution in [1.29, 1.82) is 0 Å². The second-order valence-electron chi connectivity index (χ2n) is 5.29. The molecule has 1 aliphatic heterocycles. The second-order valence-corrected chi connectivity index (χ2v) is 5.64. The average Bonchev–Trinajstić information content (AvgIpc) is 2.45. The van der Waals surface area contributed by atoms with Crippen molar-refractivity contribution >= 4 is 29.0 Å². The molecule has 0 saturated heterocycles. The Balaban J connectivity index is 2.12. The van der Waals surface area contributed by atoms with E-state index in [-0.39, 0.29) is 18.2 Å². The fourth-order valence-electron chi connectivity index (χ4n) is 2.70. The number of halogens is 1. The zero-order valence-corrected chi connectivity index (χ0v) is 12.3. The lowest BCUT2D eigenvalue weighted by Crippen LogP contribution is -2.17. The van der Waals surface area contributed by atoms with Crippen LogP contribution in [0.15, 0.2) is 24.5 Å². The number of hydrogen-bond donors (Lipinski definition) is 2. The van der Waals surface area contributed by atoms with Gasteiger partial charge in [-0.05, 0) is 35.6 Å². The zero-order chi connectivity index (χ0) is 15.0. The third kappa shape index (κ3) is 2.69. The van der Waals surface area contributed by atoms with Gasteiger partial charge in [-0.1, -0.05) is 24.6 Å². The molecular formula is C15H15ClN4O. The summed E-state index contributed by atoms with van der Waals surface area (Å²) in [7, 11) is 0. The zero-order valence-electron chi connectivity index (χ0n) is 11.6. The summed E-state index contributed by atoms with van der Waals surface area (Å²) in [6.45, 7) is 2.05. The Hall–Kier alpha value is -2.14. The molecule has 0 aliphatic carbocycles. The smallest absolute Gasteiger partial charge is 0.229 e. The molecule has 3 N–H and O–H groups in total. The van der Waals surface area contributed by atoms with Crippen LogP contribution in [0.25, 0.3) is 0 Å². The van der Waals surface area contributed by atoms with Crippen molar-refractivity contribution < 1.29 is 4.79 Å². The van der Waals surface area contributed by atoms with Crippen LogP contribution in [0.1, 0.15) is 29.5 Å². The van der Waals surface area contributed by atoms with Crippen LogP contribution in [0.5, 0.6) is 0 Å². The van der Waals surface area contributed by atoms with Gasteiger partial charge in [0.2, 0.25) is 5.91 Å². The molecule has 0 bridgehead atoms. The van der Waals surface area contributed by atoms with Crippen molar-refractivity contribution in [1.82, 2.24) is 9.97 Å². The summed E-state index contributed by atoms with van der Waals surface area (Å²) < 4.78 is 0. The van der Waals surface area contributed by atoms with E-state index in [2.05, 4.69) is 15.3 Å². The third-order valence-electron chi connectivity index (χ3n) is 3.69. The number of benzene rings is 1. The predicted octanol–water partition coefficient (Wildman–Crippen LogP) is 2.55. The molecule has 2 aromatic rings. The second kappa shape index (κ2) is 5.33. The largest absolute Gasteiger partial charge is 0.399 e. The molecule has 0 fully saturated rings. The van der Waals surface area contributed by atoms with E-state index >= 15 is 0 Å². The number of rotatable bonds is 0. The molecule has 1 atom stereocenters. The number of aromatic nitrogens is 2. The quantitative estimate of drug-likeness (QED) is 0.579. The topological polar surface area (TPSA) is 80.9 Å². The SMILES string of the molecule is CC1Cc2ccc(N)cc2CC(=O)Nc2ncnc(Cl)c21. The molecule has 6 heteroatoms. The molecule has 1 amide bonds. The number of amides is 1. The lowest BCUT2D eigenvalue weighted by molar-refractivity contribution is -0.115. The van der Waals surface area contributed by atoms with Crippen molar-refractivity contribution in [3.63, 3.8) is 0 Å². The first-order valence-corrected chi connectivity index (χ1v) is 7.10. The minimum absolute atomic E-state index is 0.0921. The molecule has 1 aromatic heterocycles. The van der Waals surface area contributed by atoms with E-state index in [0.29, 0.717) is 16.7 Å². The summed E-state index contributed by atoms with van der Waals surface area (Å²) in [5.74, 6) is 0.453. The molecule has 0 spiro atoms. The van der Waals surface area contributed by atoms with Crippen LogP contribution in [0.2, 0.25) is 5.15 Å². The molecule has 2 heterocycles. The maximum absolute atomic E-state index is 12.2. The van der Waals surface area contributed by atoms with Gasteiger partial charge < -0.3 is 11.1 Å².